The van der Waals surface area contributed by atoms with Crippen molar-refractivity contribution >= 4 is 40.5 Å². The second-order valence-electron chi connectivity index (χ2n) is 6.14. The molecule has 5 nitrogen and oxygen atoms in total. The summed E-state index contributed by atoms with van der Waals surface area (Å²) in [7, 11) is 4.16. The van der Waals surface area contributed by atoms with Crippen molar-refractivity contribution < 1.29 is 9.69 Å². The number of hydrogen-bond donors (Lipinski definition) is 1. The zero-order chi connectivity index (χ0) is 18.7. The van der Waals surface area contributed by atoms with Crippen molar-refractivity contribution in [2.45, 2.75) is 18.1 Å². The molecule has 1 atom stereocenters. The van der Waals surface area contributed by atoms with Crippen LogP contribution in [0.3, 0.4) is 0 Å². The van der Waals surface area contributed by atoms with E-state index in [0.29, 0.717) is 15.9 Å². The Morgan fingerprint density at radius 3 is 2.62 bits per heavy atom. The lowest BCUT2D eigenvalue weighted by atomic mass is 10.2. The van der Waals surface area contributed by atoms with E-state index in [2.05, 4.69) is 31.2 Å². The number of carbonyl (C=O) groups excluding carboxylic acids is 1. The molecule has 3 aromatic rings. The lowest BCUT2D eigenvalue weighted by Gasteiger charge is -2.18. The van der Waals surface area contributed by atoms with Gasteiger partial charge in [-0.25, -0.2) is 0 Å². The van der Waals surface area contributed by atoms with E-state index in [0.717, 1.165) is 16.4 Å². The quantitative estimate of drug-likeness (QED) is 0.483. The molecule has 136 valence electrons. The van der Waals surface area contributed by atoms with Crippen molar-refractivity contribution in [1.82, 2.24) is 14.8 Å². The number of ketones is 1. The molecular formula is C18H20ClN4OS2+. The molecule has 0 aliphatic carbocycles. The number of rotatable bonds is 7. The molecule has 0 saturated heterocycles. The first-order valence-corrected chi connectivity index (χ1v) is 10.4. The number of thiophene rings is 1. The van der Waals surface area contributed by atoms with Crippen LogP contribution in [0.4, 0.5) is 0 Å². The summed E-state index contributed by atoms with van der Waals surface area (Å²) >= 11 is 8.90. The van der Waals surface area contributed by atoms with E-state index in [1.807, 2.05) is 46.3 Å². The van der Waals surface area contributed by atoms with Gasteiger partial charge in [-0.15, -0.1) is 21.5 Å². The minimum atomic E-state index is 0.100. The molecule has 0 saturated carbocycles. The number of nitrogens with zero attached hydrogens (tertiary/aromatic N) is 3. The first kappa shape index (κ1) is 19.1. The lowest BCUT2D eigenvalue weighted by molar-refractivity contribution is -0.890. The van der Waals surface area contributed by atoms with Crippen LogP contribution in [-0.4, -0.2) is 40.4 Å². The van der Waals surface area contributed by atoms with Crippen molar-refractivity contribution in [2.75, 3.05) is 19.8 Å². The van der Waals surface area contributed by atoms with E-state index < -0.39 is 0 Å². The Kier molecular flexibility index (Phi) is 6.13. The highest BCUT2D eigenvalue weighted by Crippen LogP contribution is 2.26. The SMILES string of the molecule is C[C@H](c1nnc(SCC(=O)c2cccs2)n1-c1ccc(Cl)cc1)[NH+](C)C. The average Bonchev–Trinajstić information content (AvgIpc) is 3.29. The molecule has 0 radical (unpaired) electrons. The zero-order valence-electron chi connectivity index (χ0n) is 14.8. The second-order valence-corrected chi connectivity index (χ2v) is 8.47. The van der Waals surface area contributed by atoms with Gasteiger partial charge in [0.15, 0.2) is 16.8 Å². The van der Waals surface area contributed by atoms with E-state index in [-0.39, 0.29) is 11.8 Å². The predicted molar refractivity (Wildman–Crippen MR) is 107 cm³/mol. The van der Waals surface area contributed by atoms with Crippen LogP contribution in [0.5, 0.6) is 0 Å². The number of halogens is 1. The van der Waals surface area contributed by atoms with Gasteiger partial charge in [0.05, 0.1) is 24.7 Å². The van der Waals surface area contributed by atoms with Gasteiger partial charge in [0.1, 0.15) is 6.04 Å². The Bertz CT molecular complexity index is 875. The molecule has 0 aliphatic rings. The van der Waals surface area contributed by atoms with E-state index in [9.17, 15) is 4.79 Å². The average molecular weight is 408 g/mol. The Morgan fingerprint density at radius 2 is 2.00 bits per heavy atom. The maximum atomic E-state index is 12.3. The van der Waals surface area contributed by atoms with Gasteiger partial charge in [0.25, 0.3) is 0 Å². The predicted octanol–water partition coefficient (Wildman–Crippen LogP) is 3.16. The van der Waals surface area contributed by atoms with Gasteiger partial charge in [-0.3, -0.25) is 9.36 Å². The Labute approximate surface area is 166 Å². The fourth-order valence-electron chi connectivity index (χ4n) is 2.38. The topological polar surface area (TPSA) is 52.2 Å². The van der Waals surface area contributed by atoms with Crippen LogP contribution in [0.1, 0.15) is 28.5 Å². The maximum Gasteiger partial charge on any atom is 0.196 e. The van der Waals surface area contributed by atoms with E-state index >= 15 is 0 Å². The number of aromatic nitrogens is 3. The second kappa shape index (κ2) is 8.35. The van der Waals surface area contributed by atoms with Crippen LogP contribution in [0.15, 0.2) is 46.9 Å². The van der Waals surface area contributed by atoms with Crippen LogP contribution < -0.4 is 4.90 Å². The Morgan fingerprint density at radius 1 is 1.27 bits per heavy atom. The first-order chi connectivity index (χ1) is 12.5. The van der Waals surface area contributed by atoms with E-state index in [4.69, 9.17) is 11.6 Å². The smallest absolute Gasteiger partial charge is 0.196 e. The van der Waals surface area contributed by atoms with Crippen LogP contribution in [0.2, 0.25) is 5.02 Å². The molecule has 0 fully saturated rings. The molecule has 1 aromatic carbocycles. The van der Waals surface area contributed by atoms with Crippen LogP contribution in [0, 0.1) is 0 Å². The van der Waals surface area contributed by atoms with Crippen LogP contribution >= 0.6 is 34.7 Å². The molecule has 0 aliphatic heterocycles. The number of nitrogens with one attached hydrogen (secondary N) is 1. The highest BCUT2D eigenvalue weighted by Gasteiger charge is 2.24. The minimum Gasteiger partial charge on any atom is -0.331 e. The highest BCUT2D eigenvalue weighted by atomic mass is 35.5. The maximum absolute atomic E-state index is 12.3. The molecule has 0 spiro atoms. The van der Waals surface area contributed by atoms with Crippen molar-refractivity contribution in [3.63, 3.8) is 0 Å². The summed E-state index contributed by atoms with van der Waals surface area (Å²) in [6, 6.07) is 11.5. The van der Waals surface area contributed by atoms with Gasteiger partial charge in [0.2, 0.25) is 0 Å². The summed E-state index contributed by atoms with van der Waals surface area (Å²) in [6.07, 6.45) is 0. The third-order valence-electron chi connectivity index (χ3n) is 4.12. The summed E-state index contributed by atoms with van der Waals surface area (Å²) in [6.45, 7) is 2.11. The first-order valence-electron chi connectivity index (χ1n) is 8.18. The third-order valence-corrected chi connectivity index (χ3v) is 6.22. The van der Waals surface area contributed by atoms with Gasteiger partial charge in [-0.05, 0) is 42.6 Å². The van der Waals surface area contributed by atoms with Crippen LogP contribution in [0.25, 0.3) is 5.69 Å². The molecule has 8 heteroatoms. The minimum absolute atomic E-state index is 0.100. The van der Waals surface area contributed by atoms with E-state index in [1.165, 1.54) is 28.0 Å². The molecule has 3 rings (SSSR count). The Hall–Kier alpha value is -1.67. The molecule has 26 heavy (non-hydrogen) atoms. The molecule has 0 bridgehead atoms. The lowest BCUT2D eigenvalue weighted by Crippen LogP contribution is -3.05. The van der Waals surface area contributed by atoms with Crippen molar-refractivity contribution in [1.29, 1.82) is 0 Å². The summed E-state index contributed by atoms with van der Waals surface area (Å²) in [5, 5.41) is 12.1. The van der Waals surface area contributed by atoms with Crippen molar-refractivity contribution in [3.05, 3.63) is 57.5 Å². The molecule has 2 aromatic heterocycles. The van der Waals surface area contributed by atoms with Gasteiger partial charge < -0.3 is 4.90 Å². The van der Waals surface area contributed by atoms with Crippen LogP contribution in [-0.2, 0) is 0 Å². The summed E-state index contributed by atoms with van der Waals surface area (Å²) in [5.74, 6) is 1.29. The number of hydrogen-bond acceptors (Lipinski definition) is 5. The normalized spacial score (nSPS) is 12.5. The fraction of sp³-hybridized carbons (Fsp3) is 0.278. The number of thioether (sulfide) groups is 1. The molecule has 0 amide bonds. The molecular weight excluding hydrogens is 388 g/mol. The van der Waals surface area contributed by atoms with Gasteiger partial charge in [0, 0.05) is 10.7 Å². The Balaban J connectivity index is 1.91. The third kappa shape index (κ3) is 4.17. The summed E-state index contributed by atoms with van der Waals surface area (Å²) in [4.78, 5) is 14.3. The summed E-state index contributed by atoms with van der Waals surface area (Å²) in [5.41, 5.74) is 0.938. The largest absolute Gasteiger partial charge is 0.331 e. The standard InChI is InChI=1S/C18H19ClN4OS2/c1-12(22(2)3)17-20-21-18(23(17)14-8-6-13(19)7-9-14)26-11-15(24)16-5-4-10-25-16/h4-10,12H,11H2,1-3H3/p+1/t12-/m1/s1. The number of quaternary nitrogens is 1. The number of carbonyl (C=O) groups is 1. The van der Waals surface area contributed by atoms with Gasteiger partial charge in [-0.2, -0.15) is 0 Å². The molecule has 0 unspecified atom stereocenters. The number of Topliss-reactive ketones (excluding diaryl/α,β-unsaturated/α-hetero) is 1. The van der Waals surface area contributed by atoms with Gasteiger partial charge in [-0.1, -0.05) is 29.4 Å². The fourth-order valence-corrected chi connectivity index (χ4v) is 4.11. The molecule has 1 N–H and O–H groups in total. The summed E-state index contributed by atoms with van der Waals surface area (Å²) < 4.78 is 2.01. The van der Waals surface area contributed by atoms with Crippen molar-refractivity contribution in [3.8, 4) is 5.69 Å². The number of benzene rings is 1. The monoisotopic (exact) mass is 407 g/mol. The van der Waals surface area contributed by atoms with E-state index in [1.54, 1.807) is 0 Å². The zero-order valence-corrected chi connectivity index (χ0v) is 17.2. The molecule has 2 heterocycles. The highest BCUT2D eigenvalue weighted by molar-refractivity contribution is 7.99. The van der Waals surface area contributed by atoms with Crippen molar-refractivity contribution in [2.24, 2.45) is 0 Å². The van der Waals surface area contributed by atoms with Gasteiger partial charge >= 0.3 is 0 Å².